The molecule has 0 aliphatic heterocycles. The molecule has 6 heteroatoms. The predicted molar refractivity (Wildman–Crippen MR) is 126 cm³/mol. The minimum Gasteiger partial charge on any atom is -0.461 e. The van der Waals surface area contributed by atoms with Crippen LogP contribution in [-0.2, 0) is 11.2 Å². The normalized spacial score (nSPS) is 11.3. The van der Waals surface area contributed by atoms with Gasteiger partial charge < -0.3 is 10.1 Å². The van der Waals surface area contributed by atoms with Crippen molar-refractivity contribution in [3.63, 3.8) is 0 Å². The second-order valence-corrected chi connectivity index (χ2v) is 8.89. The summed E-state index contributed by atoms with van der Waals surface area (Å²) in [4.78, 5) is 24.8. The smallest absolute Gasteiger partial charge is 0.358 e. The van der Waals surface area contributed by atoms with Gasteiger partial charge >= 0.3 is 5.97 Å². The summed E-state index contributed by atoms with van der Waals surface area (Å²) in [7, 11) is 0. The van der Waals surface area contributed by atoms with Crippen LogP contribution in [0.25, 0.3) is 16.9 Å². The Balaban J connectivity index is 1.94. The number of hydrogen-bond acceptors (Lipinski definition) is 4. The maximum absolute atomic E-state index is 12.5. The Labute approximate surface area is 189 Å². The summed E-state index contributed by atoms with van der Waals surface area (Å²) in [6.07, 6.45) is 0.951. The van der Waals surface area contributed by atoms with Crippen LogP contribution in [0.3, 0.4) is 0 Å². The molecule has 6 nitrogen and oxygen atoms in total. The van der Waals surface area contributed by atoms with E-state index in [-0.39, 0.29) is 23.6 Å². The Morgan fingerprint density at radius 2 is 1.66 bits per heavy atom. The molecule has 0 saturated heterocycles. The van der Waals surface area contributed by atoms with Gasteiger partial charge in [-0.2, -0.15) is 5.10 Å². The zero-order chi connectivity index (χ0) is 23.3. The summed E-state index contributed by atoms with van der Waals surface area (Å²) >= 11 is 0. The van der Waals surface area contributed by atoms with E-state index in [0.29, 0.717) is 12.1 Å². The largest absolute Gasteiger partial charge is 0.461 e. The zero-order valence-corrected chi connectivity index (χ0v) is 19.4. The average molecular weight is 434 g/mol. The van der Waals surface area contributed by atoms with Crippen LogP contribution in [0.2, 0.25) is 0 Å². The quantitative estimate of drug-likeness (QED) is 0.529. The standard InChI is InChI=1S/C26H31N3O3/c1-6-18-8-10-19(11-9-18)23-16-22(25(31)32-7-2)28-29(23)21-14-12-20(13-15-21)24(30)27-17-26(3,4)5/h8-16H,6-7,17H2,1-5H3,(H,27,30). The number of amides is 1. The van der Waals surface area contributed by atoms with Gasteiger partial charge in [-0.05, 0) is 54.7 Å². The predicted octanol–water partition coefficient (Wildman–Crippen LogP) is 5.05. The third kappa shape index (κ3) is 5.63. The molecule has 168 valence electrons. The number of benzene rings is 2. The van der Waals surface area contributed by atoms with E-state index >= 15 is 0 Å². The molecular formula is C26H31N3O3. The molecule has 32 heavy (non-hydrogen) atoms. The lowest BCUT2D eigenvalue weighted by molar-refractivity contribution is 0.0519. The molecule has 0 atom stereocenters. The lowest BCUT2D eigenvalue weighted by Gasteiger charge is -2.18. The van der Waals surface area contributed by atoms with E-state index in [1.54, 1.807) is 29.8 Å². The number of carbonyl (C=O) groups is 2. The minimum absolute atomic E-state index is 0.0103. The van der Waals surface area contributed by atoms with Crippen molar-refractivity contribution in [1.29, 1.82) is 0 Å². The molecule has 0 aliphatic carbocycles. The van der Waals surface area contributed by atoms with Crippen molar-refractivity contribution in [2.24, 2.45) is 5.41 Å². The molecule has 1 N–H and O–H groups in total. The first-order valence-electron chi connectivity index (χ1n) is 11.0. The summed E-state index contributed by atoms with van der Waals surface area (Å²) in [5.74, 6) is -0.578. The van der Waals surface area contributed by atoms with E-state index in [1.807, 2.05) is 24.3 Å². The monoisotopic (exact) mass is 433 g/mol. The molecule has 2 aromatic carbocycles. The molecule has 0 saturated carbocycles. The van der Waals surface area contributed by atoms with Crippen LogP contribution in [0, 0.1) is 5.41 Å². The summed E-state index contributed by atoms with van der Waals surface area (Å²) in [6.45, 7) is 11.0. The van der Waals surface area contributed by atoms with E-state index in [9.17, 15) is 9.59 Å². The van der Waals surface area contributed by atoms with E-state index in [1.165, 1.54) is 5.56 Å². The van der Waals surface area contributed by atoms with Crippen LogP contribution >= 0.6 is 0 Å². The Morgan fingerprint density at radius 1 is 1.00 bits per heavy atom. The number of hydrogen-bond donors (Lipinski definition) is 1. The molecule has 1 amide bonds. The summed E-state index contributed by atoms with van der Waals surface area (Å²) in [5, 5.41) is 7.46. The Morgan fingerprint density at radius 3 is 2.22 bits per heavy atom. The number of esters is 1. The topological polar surface area (TPSA) is 73.2 Å². The highest BCUT2D eigenvalue weighted by atomic mass is 16.5. The molecule has 0 fully saturated rings. The SMILES string of the molecule is CCOC(=O)c1cc(-c2ccc(CC)cc2)n(-c2ccc(C(=O)NCC(C)(C)C)cc2)n1. The van der Waals surface area contributed by atoms with Gasteiger partial charge in [0.2, 0.25) is 0 Å². The summed E-state index contributed by atoms with van der Waals surface area (Å²) < 4.78 is 6.85. The Hall–Kier alpha value is -3.41. The Bertz CT molecular complexity index is 1080. The van der Waals surface area contributed by atoms with Gasteiger partial charge in [-0.3, -0.25) is 4.79 Å². The van der Waals surface area contributed by atoms with Crippen molar-refractivity contribution < 1.29 is 14.3 Å². The second kappa shape index (κ2) is 9.81. The summed E-state index contributed by atoms with van der Waals surface area (Å²) in [5.41, 5.74) is 4.53. The van der Waals surface area contributed by atoms with Gasteiger partial charge in [-0.1, -0.05) is 52.0 Å². The van der Waals surface area contributed by atoms with Crippen LogP contribution in [0.4, 0.5) is 0 Å². The van der Waals surface area contributed by atoms with Crippen LogP contribution in [-0.4, -0.2) is 34.8 Å². The minimum atomic E-state index is -0.462. The van der Waals surface area contributed by atoms with Crippen molar-refractivity contribution in [2.75, 3.05) is 13.2 Å². The highest BCUT2D eigenvalue weighted by Crippen LogP contribution is 2.25. The first-order valence-corrected chi connectivity index (χ1v) is 11.0. The van der Waals surface area contributed by atoms with Gasteiger partial charge in [0.05, 0.1) is 18.0 Å². The van der Waals surface area contributed by atoms with E-state index < -0.39 is 5.97 Å². The molecule has 3 rings (SSSR count). The second-order valence-electron chi connectivity index (χ2n) is 8.89. The molecule has 0 unspecified atom stereocenters. The van der Waals surface area contributed by atoms with Gasteiger partial charge in [-0.25, -0.2) is 9.48 Å². The first kappa shape index (κ1) is 23.3. The molecule has 0 bridgehead atoms. The third-order valence-corrected chi connectivity index (χ3v) is 5.01. The first-order chi connectivity index (χ1) is 15.2. The van der Waals surface area contributed by atoms with E-state index in [4.69, 9.17) is 4.74 Å². The van der Waals surface area contributed by atoms with Crippen LogP contribution < -0.4 is 5.32 Å². The summed E-state index contributed by atoms with van der Waals surface area (Å²) in [6, 6.07) is 17.1. The number of nitrogens with zero attached hydrogens (tertiary/aromatic N) is 2. The fraction of sp³-hybridized carbons (Fsp3) is 0.346. The van der Waals surface area contributed by atoms with Gasteiger partial charge in [-0.15, -0.1) is 0 Å². The average Bonchev–Trinajstić information content (AvgIpc) is 3.23. The van der Waals surface area contributed by atoms with Crippen molar-refractivity contribution in [3.8, 4) is 16.9 Å². The molecular weight excluding hydrogens is 402 g/mol. The third-order valence-electron chi connectivity index (χ3n) is 5.01. The van der Waals surface area contributed by atoms with E-state index in [2.05, 4.69) is 50.2 Å². The lowest BCUT2D eigenvalue weighted by Crippen LogP contribution is -2.32. The van der Waals surface area contributed by atoms with Crippen LogP contribution in [0.5, 0.6) is 0 Å². The van der Waals surface area contributed by atoms with Crippen LogP contribution in [0.1, 0.15) is 61.0 Å². The molecule has 1 heterocycles. The highest BCUT2D eigenvalue weighted by Gasteiger charge is 2.18. The molecule has 0 radical (unpaired) electrons. The van der Waals surface area contributed by atoms with Gasteiger partial charge in [0.1, 0.15) is 0 Å². The number of rotatable bonds is 7. The number of ether oxygens (including phenoxy) is 1. The molecule has 0 aliphatic rings. The Kier molecular flexibility index (Phi) is 7.13. The molecule has 0 spiro atoms. The zero-order valence-electron chi connectivity index (χ0n) is 19.4. The lowest BCUT2D eigenvalue weighted by atomic mass is 9.97. The number of carbonyl (C=O) groups excluding carboxylic acids is 2. The van der Waals surface area contributed by atoms with Gasteiger partial charge in [0.15, 0.2) is 5.69 Å². The van der Waals surface area contributed by atoms with Crippen molar-refractivity contribution >= 4 is 11.9 Å². The fourth-order valence-electron chi connectivity index (χ4n) is 3.20. The maximum Gasteiger partial charge on any atom is 0.358 e. The van der Waals surface area contributed by atoms with Crippen molar-refractivity contribution in [1.82, 2.24) is 15.1 Å². The number of aryl methyl sites for hydroxylation is 1. The number of nitrogens with one attached hydrogen (secondary N) is 1. The highest BCUT2D eigenvalue weighted by molar-refractivity contribution is 5.94. The molecule has 3 aromatic rings. The van der Waals surface area contributed by atoms with Crippen molar-refractivity contribution in [2.45, 2.75) is 41.0 Å². The van der Waals surface area contributed by atoms with Gasteiger partial charge in [0, 0.05) is 17.7 Å². The number of aromatic nitrogens is 2. The maximum atomic E-state index is 12.5. The van der Waals surface area contributed by atoms with E-state index in [0.717, 1.165) is 23.4 Å². The molecule has 1 aromatic heterocycles. The van der Waals surface area contributed by atoms with Gasteiger partial charge in [0.25, 0.3) is 5.91 Å². The fourth-order valence-corrected chi connectivity index (χ4v) is 3.20. The van der Waals surface area contributed by atoms with Crippen LogP contribution in [0.15, 0.2) is 54.6 Å². The van der Waals surface area contributed by atoms with Crippen molar-refractivity contribution in [3.05, 3.63) is 71.4 Å².